The molecule has 0 fully saturated rings. The SMILES string of the molecule is CCCS(=O)(=O)NC[C@H](C)NCc1nc2ccc(C)cc2[nH]1. The second-order valence-corrected chi connectivity index (χ2v) is 7.58. The van der Waals surface area contributed by atoms with Crippen molar-refractivity contribution in [3.05, 3.63) is 29.6 Å². The van der Waals surface area contributed by atoms with Gasteiger partial charge >= 0.3 is 0 Å². The first-order valence-corrected chi connectivity index (χ1v) is 9.21. The summed E-state index contributed by atoms with van der Waals surface area (Å²) in [5.41, 5.74) is 3.15. The quantitative estimate of drug-likeness (QED) is 0.689. The fourth-order valence-electron chi connectivity index (χ4n) is 2.20. The van der Waals surface area contributed by atoms with Gasteiger partial charge in [0, 0.05) is 12.6 Å². The number of nitrogens with zero attached hydrogens (tertiary/aromatic N) is 1. The number of hydrogen-bond acceptors (Lipinski definition) is 4. The van der Waals surface area contributed by atoms with Gasteiger partial charge in [0.25, 0.3) is 0 Å². The summed E-state index contributed by atoms with van der Waals surface area (Å²) < 4.78 is 25.8. The number of aromatic amines is 1. The molecule has 1 aromatic heterocycles. The summed E-state index contributed by atoms with van der Waals surface area (Å²) in [6.45, 7) is 6.79. The Kier molecular flexibility index (Phi) is 5.55. The minimum absolute atomic E-state index is 0.0292. The molecule has 122 valence electrons. The van der Waals surface area contributed by atoms with Crippen LogP contribution < -0.4 is 10.0 Å². The van der Waals surface area contributed by atoms with Crippen LogP contribution >= 0.6 is 0 Å². The van der Waals surface area contributed by atoms with Crippen LogP contribution in [0.3, 0.4) is 0 Å². The van der Waals surface area contributed by atoms with Crippen molar-refractivity contribution in [2.45, 2.75) is 39.8 Å². The first kappa shape index (κ1) is 16.9. The molecule has 0 saturated heterocycles. The van der Waals surface area contributed by atoms with Crippen LogP contribution in [-0.2, 0) is 16.6 Å². The van der Waals surface area contributed by atoms with Gasteiger partial charge in [0.05, 0.1) is 23.3 Å². The number of H-pyrrole nitrogens is 1. The summed E-state index contributed by atoms with van der Waals surface area (Å²) in [6.07, 6.45) is 0.621. The Morgan fingerprint density at radius 3 is 2.86 bits per heavy atom. The van der Waals surface area contributed by atoms with Crippen molar-refractivity contribution in [1.29, 1.82) is 0 Å². The minimum Gasteiger partial charge on any atom is -0.341 e. The van der Waals surface area contributed by atoms with E-state index < -0.39 is 10.0 Å². The molecular formula is C15H24N4O2S. The maximum absolute atomic E-state index is 11.6. The van der Waals surface area contributed by atoms with Gasteiger partial charge in [0.1, 0.15) is 5.82 Å². The van der Waals surface area contributed by atoms with E-state index in [9.17, 15) is 8.42 Å². The smallest absolute Gasteiger partial charge is 0.211 e. The summed E-state index contributed by atoms with van der Waals surface area (Å²) in [5.74, 6) is 1.02. The van der Waals surface area contributed by atoms with Gasteiger partial charge < -0.3 is 10.3 Å². The lowest BCUT2D eigenvalue weighted by Gasteiger charge is -2.13. The molecule has 6 nitrogen and oxygen atoms in total. The number of imidazole rings is 1. The van der Waals surface area contributed by atoms with E-state index in [-0.39, 0.29) is 11.8 Å². The first-order valence-electron chi connectivity index (χ1n) is 7.55. The van der Waals surface area contributed by atoms with Gasteiger partial charge in [-0.25, -0.2) is 18.1 Å². The predicted octanol–water partition coefficient (Wildman–Crippen LogP) is 1.68. The highest BCUT2D eigenvalue weighted by Crippen LogP contribution is 2.13. The lowest BCUT2D eigenvalue weighted by Crippen LogP contribution is -2.39. The Hall–Kier alpha value is -1.44. The van der Waals surface area contributed by atoms with Crippen LogP contribution in [0.5, 0.6) is 0 Å². The number of sulfonamides is 1. The molecule has 0 spiro atoms. The Bertz CT molecular complexity index is 724. The van der Waals surface area contributed by atoms with Crippen molar-refractivity contribution in [2.75, 3.05) is 12.3 Å². The van der Waals surface area contributed by atoms with E-state index in [0.29, 0.717) is 19.5 Å². The van der Waals surface area contributed by atoms with Gasteiger partial charge in [-0.1, -0.05) is 13.0 Å². The summed E-state index contributed by atoms with van der Waals surface area (Å²) in [4.78, 5) is 7.78. The minimum atomic E-state index is -3.15. The highest BCUT2D eigenvalue weighted by Gasteiger charge is 2.11. The molecule has 1 heterocycles. The molecule has 0 aliphatic heterocycles. The third kappa shape index (κ3) is 4.79. The van der Waals surface area contributed by atoms with E-state index in [1.54, 1.807) is 0 Å². The molecule has 22 heavy (non-hydrogen) atoms. The monoisotopic (exact) mass is 324 g/mol. The highest BCUT2D eigenvalue weighted by molar-refractivity contribution is 7.89. The molecule has 3 N–H and O–H groups in total. The molecule has 2 rings (SSSR count). The summed E-state index contributed by atoms with van der Waals surface area (Å²) >= 11 is 0. The van der Waals surface area contributed by atoms with Crippen LogP contribution in [-0.4, -0.2) is 36.7 Å². The molecule has 0 radical (unpaired) electrons. The predicted molar refractivity (Wildman–Crippen MR) is 89.2 cm³/mol. The molecule has 0 bridgehead atoms. The molecule has 1 aromatic carbocycles. The van der Waals surface area contributed by atoms with Crippen molar-refractivity contribution in [3.8, 4) is 0 Å². The average Bonchev–Trinajstić information content (AvgIpc) is 2.85. The van der Waals surface area contributed by atoms with E-state index in [0.717, 1.165) is 16.9 Å². The molecule has 7 heteroatoms. The molecular weight excluding hydrogens is 300 g/mol. The Morgan fingerprint density at radius 2 is 2.14 bits per heavy atom. The van der Waals surface area contributed by atoms with Crippen LogP contribution in [0.1, 0.15) is 31.7 Å². The van der Waals surface area contributed by atoms with E-state index in [1.807, 2.05) is 32.9 Å². The van der Waals surface area contributed by atoms with Crippen LogP contribution in [0.4, 0.5) is 0 Å². The normalized spacial score (nSPS) is 13.6. The largest absolute Gasteiger partial charge is 0.341 e. The molecule has 0 aliphatic carbocycles. The number of nitrogens with one attached hydrogen (secondary N) is 3. The number of aromatic nitrogens is 2. The third-order valence-corrected chi connectivity index (χ3v) is 4.94. The van der Waals surface area contributed by atoms with E-state index in [4.69, 9.17) is 0 Å². The number of benzene rings is 1. The maximum Gasteiger partial charge on any atom is 0.211 e. The topological polar surface area (TPSA) is 86.9 Å². The summed E-state index contributed by atoms with van der Waals surface area (Å²) in [7, 11) is -3.15. The zero-order valence-electron chi connectivity index (χ0n) is 13.3. The molecule has 2 aromatic rings. The molecule has 0 unspecified atom stereocenters. The van der Waals surface area contributed by atoms with Crippen LogP contribution in [0.2, 0.25) is 0 Å². The first-order chi connectivity index (χ1) is 10.4. The van der Waals surface area contributed by atoms with Crippen molar-refractivity contribution < 1.29 is 8.42 Å². The number of hydrogen-bond donors (Lipinski definition) is 3. The third-order valence-electron chi connectivity index (χ3n) is 3.39. The van der Waals surface area contributed by atoms with Crippen molar-refractivity contribution in [3.63, 3.8) is 0 Å². The van der Waals surface area contributed by atoms with Gasteiger partial charge in [-0.05, 0) is 38.0 Å². The lowest BCUT2D eigenvalue weighted by atomic mass is 10.2. The number of fused-ring (bicyclic) bond motifs is 1. The molecule has 0 amide bonds. The second kappa shape index (κ2) is 7.21. The fourth-order valence-corrected chi connectivity index (χ4v) is 3.38. The fraction of sp³-hybridized carbons (Fsp3) is 0.533. The summed E-state index contributed by atoms with van der Waals surface area (Å²) in [5, 5.41) is 3.27. The Morgan fingerprint density at radius 1 is 1.36 bits per heavy atom. The maximum atomic E-state index is 11.6. The standard InChI is InChI=1S/C15H24N4O2S/c1-4-7-22(20,21)17-9-12(3)16-10-15-18-13-6-5-11(2)8-14(13)19-15/h5-6,8,12,16-17H,4,7,9-10H2,1-3H3,(H,18,19)/t12-/m0/s1. The van der Waals surface area contributed by atoms with Crippen LogP contribution in [0, 0.1) is 6.92 Å². The van der Waals surface area contributed by atoms with Crippen molar-refractivity contribution >= 4 is 21.1 Å². The molecule has 0 aliphatic rings. The van der Waals surface area contributed by atoms with Gasteiger partial charge in [-0.2, -0.15) is 0 Å². The van der Waals surface area contributed by atoms with Gasteiger partial charge in [-0.15, -0.1) is 0 Å². The van der Waals surface area contributed by atoms with Gasteiger partial charge in [0.15, 0.2) is 0 Å². The van der Waals surface area contributed by atoms with E-state index in [2.05, 4.69) is 26.1 Å². The van der Waals surface area contributed by atoms with Gasteiger partial charge in [0.2, 0.25) is 10.0 Å². The van der Waals surface area contributed by atoms with Crippen LogP contribution in [0.15, 0.2) is 18.2 Å². The second-order valence-electron chi connectivity index (χ2n) is 5.65. The highest BCUT2D eigenvalue weighted by atomic mass is 32.2. The van der Waals surface area contributed by atoms with Crippen molar-refractivity contribution in [1.82, 2.24) is 20.0 Å². The Labute approximate surface area is 131 Å². The molecule has 1 atom stereocenters. The Balaban J connectivity index is 1.86. The zero-order valence-corrected chi connectivity index (χ0v) is 14.1. The average molecular weight is 324 g/mol. The number of rotatable bonds is 8. The lowest BCUT2D eigenvalue weighted by molar-refractivity contribution is 0.518. The van der Waals surface area contributed by atoms with Gasteiger partial charge in [-0.3, -0.25) is 0 Å². The zero-order chi connectivity index (χ0) is 16.2. The van der Waals surface area contributed by atoms with Crippen LogP contribution in [0.25, 0.3) is 11.0 Å². The van der Waals surface area contributed by atoms with E-state index in [1.165, 1.54) is 5.56 Å². The van der Waals surface area contributed by atoms with Crippen molar-refractivity contribution in [2.24, 2.45) is 0 Å². The number of aryl methyl sites for hydroxylation is 1. The molecule has 0 saturated carbocycles. The van der Waals surface area contributed by atoms with E-state index >= 15 is 0 Å². The summed E-state index contributed by atoms with van der Waals surface area (Å²) in [6, 6.07) is 6.12.